The van der Waals surface area contributed by atoms with Gasteiger partial charge in [0.05, 0.1) is 12.7 Å². The van der Waals surface area contributed by atoms with E-state index in [1.165, 1.54) is 0 Å². The highest BCUT2D eigenvalue weighted by atomic mass is 16.8. The number of carbonyl (C=O) groups is 1. The van der Waals surface area contributed by atoms with Crippen molar-refractivity contribution < 1.29 is 34.3 Å². The van der Waals surface area contributed by atoms with Gasteiger partial charge in [0.25, 0.3) is 0 Å². The van der Waals surface area contributed by atoms with Crippen molar-refractivity contribution in [2.24, 2.45) is 0 Å². The van der Waals surface area contributed by atoms with E-state index in [0.717, 1.165) is 0 Å². The van der Waals surface area contributed by atoms with Gasteiger partial charge in [0, 0.05) is 0 Å². The molecule has 3 aliphatic heterocycles. The Hall–Kier alpha value is -0.730. The molecule has 0 spiro atoms. The van der Waals surface area contributed by atoms with Crippen LogP contribution in [-0.2, 0) is 19.0 Å². The maximum atomic E-state index is 11.6. The minimum absolute atomic E-state index is 0.210. The molecule has 0 aromatic heterocycles. The fourth-order valence-corrected chi connectivity index (χ4v) is 2.05. The Labute approximate surface area is 97.9 Å². The van der Waals surface area contributed by atoms with Gasteiger partial charge in [-0.05, 0) is 13.8 Å². The molecule has 0 amide bonds. The van der Waals surface area contributed by atoms with E-state index >= 15 is 0 Å². The molecule has 5 atom stereocenters. The van der Waals surface area contributed by atoms with Crippen LogP contribution in [0.3, 0.4) is 0 Å². The number of carbonyl (C=O) groups excluding carboxylic acids is 1. The van der Waals surface area contributed by atoms with E-state index in [1.54, 1.807) is 13.8 Å². The zero-order valence-corrected chi connectivity index (χ0v) is 9.57. The normalized spacial score (nSPS) is 45.2. The molecular weight excluding hydrogens is 232 g/mol. The summed E-state index contributed by atoms with van der Waals surface area (Å²) in [5.74, 6) is -0.883. The lowest BCUT2D eigenvalue weighted by atomic mass is 9.84. The van der Waals surface area contributed by atoms with Crippen LogP contribution in [0.15, 0.2) is 0 Å². The summed E-state index contributed by atoms with van der Waals surface area (Å²) in [5.41, 5.74) is -1.95. The van der Waals surface area contributed by atoms with Crippen LogP contribution in [0.1, 0.15) is 13.8 Å². The van der Waals surface area contributed by atoms with Crippen molar-refractivity contribution in [2.75, 3.05) is 6.61 Å². The number of fused-ring (bicyclic) bond motifs is 3. The van der Waals surface area contributed by atoms with Crippen LogP contribution >= 0.6 is 0 Å². The Morgan fingerprint density at radius 1 is 1.47 bits per heavy atom. The predicted octanol–water partition coefficient (Wildman–Crippen LogP) is -1.85. The molecule has 0 unspecified atom stereocenters. The van der Waals surface area contributed by atoms with Gasteiger partial charge in [-0.3, -0.25) is 0 Å². The molecule has 0 aliphatic carbocycles. The molecule has 3 aliphatic rings. The van der Waals surface area contributed by atoms with Gasteiger partial charge in [0.1, 0.15) is 12.2 Å². The molecular formula is C10H16O7. The second kappa shape index (κ2) is 4.18. The lowest BCUT2D eigenvalue weighted by Gasteiger charge is -2.52. The van der Waals surface area contributed by atoms with Crippen molar-refractivity contribution in [3.8, 4) is 0 Å². The molecule has 2 bridgehead atoms. The van der Waals surface area contributed by atoms with Gasteiger partial charge in [0.2, 0.25) is 5.60 Å². The summed E-state index contributed by atoms with van der Waals surface area (Å²) in [7, 11) is 0. The number of aliphatic hydroxyl groups is 3. The third kappa shape index (κ3) is 1.74. The second-order valence-electron chi connectivity index (χ2n) is 4.52. The molecule has 0 saturated carbocycles. The van der Waals surface area contributed by atoms with Gasteiger partial charge in [-0.25, -0.2) is 4.79 Å². The molecule has 3 rings (SSSR count). The van der Waals surface area contributed by atoms with Crippen LogP contribution in [0, 0.1) is 0 Å². The van der Waals surface area contributed by atoms with Gasteiger partial charge in [-0.2, -0.15) is 0 Å². The van der Waals surface area contributed by atoms with Crippen molar-refractivity contribution in [1.29, 1.82) is 0 Å². The molecule has 3 saturated heterocycles. The van der Waals surface area contributed by atoms with Gasteiger partial charge >= 0.3 is 5.97 Å². The van der Waals surface area contributed by atoms with Crippen molar-refractivity contribution in [2.45, 2.75) is 50.2 Å². The Bertz CT molecular complexity index is 318. The first kappa shape index (κ1) is 12.7. The maximum absolute atomic E-state index is 11.6. The van der Waals surface area contributed by atoms with Crippen LogP contribution in [0.4, 0.5) is 0 Å². The smallest absolute Gasteiger partial charge is 0.344 e. The van der Waals surface area contributed by atoms with E-state index in [9.17, 15) is 20.1 Å². The van der Waals surface area contributed by atoms with E-state index in [2.05, 4.69) is 0 Å². The number of hydrogen-bond donors (Lipinski definition) is 3. The molecule has 3 fully saturated rings. The Morgan fingerprint density at radius 2 is 2.12 bits per heavy atom. The second-order valence-corrected chi connectivity index (χ2v) is 4.52. The summed E-state index contributed by atoms with van der Waals surface area (Å²) in [6.07, 6.45) is -5.13. The molecule has 0 aromatic carbocycles. The summed E-state index contributed by atoms with van der Waals surface area (Å²) < 4.78 is 15.5. The Morgan fingerprint density at radius 3 is 2.65 bits per heavy atom. The quantitative estimate of drug-likeness (QED) is 0.503. The highest BCUT2D eigenvalue weighted by Crippen LogP contribution is 2.38. The Kier molecular flexibility index (Phi) is 3.13. The standard InChI is InChI=1S/C10H16O7/c1-4(2)15-8-6-5(12)7(13)10(3-11,17-8)9(14)16-6/h4-8,11-13H,3H2,1-2H3/t5-,6-,7+,8-,10-/m1/s1. The molecule has 0 radical (unpaired) electrons. The van der Waals surface area contributed by atoms with E-state index < -0.39 is 42.8 Å². The average Bonchev–Trinajstić information content (AvgIpc) is 2.26. The summed E-state index contributed by atoms with van der Waals surface area (Å²) in [6.45, 7) is 2.72. The summed E-state index contributed by atoms with van der Waals surface area (Å²) in [4.78, 5) is 11.6. The molecule has 3 heterocycles. The fraction of sp³-hybridized carbons (Fsp3) is 0.900. The first-order valence-electron chi connectivity index (χ1n) is 5.43. The van der Waals surface area contributed by atoms with Gasteiger partial charge in [-0.15, -0.1) is 0 Å². The van der Waals surface area contributed by atoms with Crippen LogP contribution in [0.5, 0.6) is 0 Å². The summed E-state index contributed by atoms with van der Waals surface area (Å²) in [5, 5.41) is 28.7. The third-order valence-corrected chi connectivity index (χ3v) is 2.96. The monoisotopic (exact) mass is 248 g/mol. The average molecular weight is 248 g/mol. The number of rotatable bonds is 3. The number of ether oxygens (including phenoxy) is 3. The van der Waals surface area contributed by atoms with Crippen LogP contribution in [-0.4, -0.2) is 64.2 Å². The van der Waals surface area contributed by atoms with E-state index in [1.807, 2.05) is 0 Å². The van der Waals surface area contributed by atoms with Crippen molar-refractivity contribution in [3.63, 3.8) is 0 Å². The molecule has 7 nitrogen and oxygen atoms in total. The summed E-state index contributed by atoms with van der Waals surface area (Å²) >= 11 is 0. The molecule has 0 aromatic rings. The van der Waals surface area contributed by atoms with Crippen molar-refractivity contribution in [3.05, 3.63) is 0 Å². The highest BCUT2D eigenvalue weighted by molar-refractivity contribution is 5.83. The van der Waals surface area contributed by atoms with Crippen molar-refractivity contribution >= 4 is 5.97 Å². The minimum Gasteiger partial charge on any atom is -0.452 e. The fourth-order valence-electron chi connectivity index (χ4n) is 2.05. The molecule has 98 valence electrons. The lowest BCUT2D eigenvalue weighted by Crippen LogP contribution is -2.75. The predicted molar refractivity (Wildman–Crippen MR) is 52.8 cm³/mol. The van der Waals surface area contributed by atoms with Gasteiger partial charge in [0.15, 0.2) is 12.4 Å². The first-order chi connectivity index (χ1) is 7.92. The van der Waals surface area contributed by atoms with E-state index in [0.29, 0.717) is 0 Å². The zero-order valence-electron chi connectivity index (χ0n) is 9.57. The van der Waals surface area contributed by atoms with Crippen LogP contribution in [0.25, 0.3) is 0 Å². The highest BCUT2D eigenvalue weighted by Gasteiger charge is 2.65. The van der Waals surface area contributed by atoms with Crippen LogP contribution in [0.2, 0.25) is 0 Å². The number of esters is 1. The van der Waals surface area contributed by atoms with E-state index in [-0.39, 0.29) is 6.10 Å². The Balaban J connectivity index is 2.27. The van der Waals surface area contributed by atoms with E-state index in [4.69, 9.17) is 14.2 Å². The molecule has 3 N–H and O–H groups in total. The topological polar surface area (TPSA) is 105 Å². The number of aliphatic hydroxyl groups excluding tert-OH is 3. The third-order valence-electron chi connectivity index (χ3n) is 2.96. The SMILES string of the molecule is CC(C)O[C@@H]1O[C@@]2(CO)C(=O)O[C@@H]1[C@@H](O)[C@@H]2O. The van der Waals surface area contributed by atoms with Gasteiger partial charge in [-0.1, -0.05) is 0 Å². The largest absolute Gasteiger partial charge is 0.452 e. The number of hydrogen-bond acceptors (Lipinski definition) is 7. The minimum atomic E-state index is -1.95. The van der Waals surface area contributed by atoms with Gasteiger partial charge < -0.3 is 29.5 Å². The molecule has 17 heavy (non-hydrogen) atoms. The lowest BCUT2D eigenvalue weighted by molar-refractivity contribution is -0.371. The van der Waals surface area contributed by atoms with Crippen LogP contribution < -0.4 is 0 Å². The molecule has 7 heteroatoms. The maximum Gasteiger partial charge on any atom is 0.344 e. The zero-order chi connectivity index (χ0) is 12.8. The first-order valence-corrected chi connectivity index (χ1v) is 5.43. The summed E-state index contributed by atoms with van der Waals surface area (Å²) in [6, 6.07) is 0. The van der Waals surface area contributed by atoms with Crippen molar-refractivity contribution in [1.82, 2.24) is 0 Å².